The van der Waals surface area contributed by atoms with Gasteiger partial charge >= 0.3 is 0 Å². The number of ether oxygens (including phenoxy) is 1. The van der Waals surface area contributed by atoms with Gasteiger partial charge in [0.1, 0.15) is 5.75 Å². The number of aryl methyl sites for hydroxylation is 1. The maximum Gasteiger partial charge on any atom is 0.255 e. The summed E-state index contributed by atoms with van der Waals surface area (Å²) in [4.78, 5) is 16.2. The smallest absolute Gasteiger partial charge is 0.255 e. The molecule has 2 rings (SSSR count). The number of nitrogens with zero attached hydrogens (tertiary/aromatic N) is 1. The highest BCUT2D eigenvalue weighted by Gasteiger charge is 2.10. The molecule has 0 fully saturated rings. The van der Waals surface area contributed by atoms with E-state index < -0.39 is 0 Å². The molecule has 0 aliphatic rings. The van der Waals surface area contributed by atoms with Gasteiger partial charge in [-0.3, -0.25) is 9.78 Å². The number of rotatable bonds is 3. The molecule has 1 aromatic carbocycles. The fraction of sp³-hybridized carbons (Fsp3) is 0.143. The molecule has 0 aliphatic carbocycles. The number of nitrogens with two attached hydrogens (primary N) is 1. The lowest BCUT2D eigenvalue weighted by Gasteiger charge is -2.09. The molecule has 0 atom stereocenters. The standard InChI is InChI=1S/C14H15N3O2/c1-9-12(4-3-7-16-9)17-14(18)10-5-6-13(19-2)11(15)8-10/h3-8H,15H2,1-2H3,(H,17,18). The molecule has 5 heteroatoms. The molecule has 0 radical (unpaired) electrons. The molecule has 0 aliphatic heterocycles. The van der Waals surface area contributed by atoms with Gasteiger partial charge in [0.25, 0.3) is 5.91 Å². The van der Waals surface area contributed by atoms with Gasteiger partial charge in [0.2, 0.25) is 0 Å². The van der Waals surface area contributed by atoms with Gasteiger partial charge in [0.05, 0.1) is 24.2 Å². The Kier molecular flexibility index (Phi) is 3.66. The molecule has 2 aromatic rings. The molecule has 0 spiro atoms. The number of amides is 1. The van der Waals surface area contributed by atoms with Crippen molar-refractivity contribution in [3.8, 4) is 5.75 Å². The summed E-state index contributed by atoms with van der Waals surface area (Å²) in [6.07, 6.45) is 1.68. The summed E-state index contributed by atoms with van der Waals surface area (Å²) in [5, 5.41) is 2.79. The Morgan fingerprint density at radius 3 is 2.79 bits per heavy atom. The number of carbonyl (C=O) groups excluding carboxylic acids is 1. The zero-order valence-corrected chi connectivity index (χ0v) is 10.8. The molecular weight excluding hydrogens is 242 g/mol. The van der Waals surface area contributed by atoms with Crippen LogP contribution >= 0.6 is 0 Å². The van der Waals surface area contributed by atoms with Crippen LogP contribution in [-0.4, -0.2) is 18.0 Å². The quantitative estimate of drug-likeness (QED) is 0.827. The lowest BCUT2D eigenvalue weighted by atomic mass is 10.1. The van der Waals surface area contributed by atoms with E-state index in [2.05, 4.69) is 10.3 Å². The number of pyridine rings is 1. The monoisotopic (exact) mass is 257 g/mol. The third kappa shape index (κ3) is 2.82. The van der Waals surface area contributed by atoms with Crippen LogP contribution in [0, 0.1) is 6.92 Å². The Hall–Kier alpha value is -2.56. The van der Waals surface area contributed by atoms with Crippen LogP contribution in [0.1, 0.15) is 16.1 Å². The Morgan fingerprint density at radius 1 is 1.37 bits per heavy atom. The lowest BCUT2D eigenvalue weighted by Crippen LogP contribution is -2.13. The Labute approximate surface area is 111 Å². The molecule has 5 nitrogen and oxygen atoms in total. The summed E-state index contributed by atoms with van der Waals surface area (Å²) in [5.74, 6) is 0.319. The molecule has 3 N–H and O–H groups in total. The first-order valence-corrected chi connectivity index (χ1v) is 5.78. The van der Waals surface area contributed by atoms with E-state index >= 15 is 0 Å². The maximum atomic E-state index is 12.1. The van der Waals surface area contributed by atoms with Gasteiger partial charge < -0.3 is 15.8 Å². The minimum absolute atomic E-state index is 0.231. The molecule has 98 valence electrons. The number of nitrogen functional groups attached to an aromatic ring is 1. The predicted molar refractivity (Wildman–Crippen MR) is 74.3 cm³/mol. The Morgan fingerprint density at radius 2 is 2.16 bits per heavy atom. The average Bonchev–Trinajstić information content (AvgIpc) is 2.41. The van der Waals surface area contributed by atoms with Crippen molar-refractivity contribution in [3.05, 3.63) is 47.8 Å². The van der Waals surface area contributed by atoms with Gasteiger partial charge in [0, 0.05) is 11.8 Å². The van der Waals surface area contributed by atoms with E-state index in [-0.39, 0.29) is 5.91 Å². The van der Waals surface area contributed by atoms with Crippen LogP contribution in [0.25, 0.3) is 0 Å². The van der Waals surface area contributed by atoms with Crippen LogP contribution in [-0.2, 0) is 0 Å². The summed E-state index contributed by atoms with van der Waals surface area (Å²) in [6.45, 7) is 1.83. The topological polar surface area (TPSA) is 77.2 Å². The molecule has 0 unspecified atom stereocenters. The highest BCUT2D eigenvalue weighted by Crippen LogP contribution is 2.22. The van der Waals surface area contributed by atoms with Gasteiger partial charge in [-0.15, -0.1) is 0 Å². The number of carbonyl (C=O) groups is 1. The second-order valence-electron chi connectivity index (χ2n) is 4.05. The van der Waals surface area contributed by atoms with Crippen LogP contribution in [0.5, 0.6) is 5.75 Å². The van der Waals surface area contributed by atoms with E-state index in [1.165, 1.54) is 7.11 Å². The van der Waals surface area contributed by atoms with Crippen LogP contribution in [0.3, 0.4) is 0 Å². The third-order valence-electron chi connectivity index (χ3n) is 2.75. The van der Waals surface area contributed by atoms with Gasteiger partial charge in [-0.2, -0.15) is 0 Å². The first kappa shape index (κ1) is 12.9. The van der Waals surface area contributed by atoms with Crippen LogP contribution in [0.4, 0.5) is 11.4 Å². The maximum absolute atomic E-state index is 12.1. The number of anilines is 2. The zero-order valence-electron chi connectivity index (χ0n) is 10.8. The van der Waals surface area contributed by atoms with Gasteiger partial charge in [-0.25, -0.2) is 0 Å². The lowest BCUT2D eigenvalue weighted by molar-refractivity contribution is 0.102. The highest BCUT2D eigenvalue weighted by atomic mass is 16.5. The molecule has 0 saturated heterocycles. The predicted octanol–water partition coefficient (Wildman–Crippen LogP) is 2.23. The second-order valence-corrected chi connectivity index (χ2v) is 4.05. The Bertz CT molecular complexity index is 611. The summed E-state index contributed by atoms with van der Waals surface area (Å²) in [5.41, 5.74) is 8.12. The van der Waals surface area contributed by atoms with Crippen molar-refractivity contribution < 1.29 is 9.53 Å². The summed E-state index contributed by atoms with van der Waals surface area (Å²) >= 11 is 0. The largest absolute Gasteiger partial charge is 0.495 e. The molecule has 19 heavy (non-hydrogen) atoms. The van der Waals surface area contributed by atoms with Crippen LogP contribution < -0.4 is 15.8 Å². The van der Waals surface area contributed by atoms with E-state index in [1.807, 2.05) is 6.92 Å². The van der Waals surface area contributed by atoms with E-state index in [9.17, 15) is 4.79 Å². The number of benzene rings is 1. The van der Waals surface area contributed by atoms with Crippen molar-refractivity contribution in [3.63, 3.8) is 0 Å². The highest BCUT2D eigenvalue weighted by molar-refractivity contribution is 6.05. The zero-order chi connectivity index (χ0) is 13.8. The molecule has 0 saturated carbocycles. The van der Waals surface area contributed by atoms with Gasteiger partial charge in [-0.05, 0) is 37.3 Å². The Balaban J connectivity index is 2.21. The summed E-state index contributed by atoms with van der Waals surface area (Å²) < 4.78 is 5.05. The second kappa shape index (κ2) is 5.39. The first-order chi connectivity index (χ1) is 9.11. The van der Waals surface area contributed by atoms with Gasteiger partial charge in [0.15, 0.2) is 0 Å². The minimum Gasteiger partial charge on any atom is -0.495 e. The normalized spacial score (nSPS) is 10.0. The number of hydrogen-bond acceptors (Lipinski definition) is 4. The van der Waals surface area contributed by atoms with Crippen molar-refractivity contribution in [2.75, 3.05) is 18.2 Å². The molecule has 1 heterocycles. The third-order valence-corrected chi connectivity index (χ3v) is 2.75. The number of hydrogen-bond donors (Lipinski definition) is 2. The van der Waals surface area contributed by atoms with Crippen LogP contribution in [0.2, 0.25) is 0 Å². The number of aromatic nitrogens is 1. The van der Waals surface area contributed by atoms with E-state index in [1.54, 1.807) is 36.5 Å². The average molecular weight is 257 g/mol. The van der Waals surface area contributed by atoms with Crippen molar-refractivity contribution in [1.29, 1.82) is 0 Å². The van der Waals surface area contributed by atoms with Crippen molar-refractivity contribution in [2.45, 2.75) is 6.92 Å². The SMILES string of the molecule is COc1ccc(C(=O)Nc2cccnc2C)cc1N. The van der Waals surface area contributed by atoms with Crippen molar-refractivity contribution in [1.82, 2.24) is 4.98 Å². The van der Waals surface area contributed by atoms with Crippen molar-refractivity contribution in [2.24, 2.45) is 0 Å². The first-order valence-electron chi connectivity index (χ1n) is 5.78. The fourth-order valence-electron chi connectivity index (χ4n) is 1.69. The van der Waals surface area contributed by atoms with E-state index in [0.717, 1.165) is 5.69 Å². The fourth-order valence-corrected chi connectivity index (χ4v) is 1.69. The molecule has 1 aromatic heterocycles. The van der Waals surface area contributed by atoms with Crippen molar-refractivity contribution >= 4 is 17.3 Å². The summed E-state index contributed by atoms with van der Waals surface area (Å²) in [7, 11) is 1.53. The van der Waals surface area contributed by atoms with E-state index in [4.69, 9.17) is 10.5 Å². The van der Waals surface area contributed by atoms with Crippen LogP contribution in [0.15, 0.2) is 36.5 Å². The molecule has 0 bridgehead atoms. The molecule has 1 amide bonds. The summed E-state index contributed by atoms with van der Waals surface area (Å²) in [6, 6.07) is 8.48. The number of methoxy groups -OCH3 is 1. The molecular formula is C14H15N3O2. The number of nitrogens with one attached hydrogen (secondary N) is 1. The van der Waals surface area contributed by atoms with Gasteiger partial charge in [-0.1, -0.05) is 0 Å². The minimum atomic E-state index is -0.231. The van der Waals surface area contributed by atoms with E-state index in [0.29, 0.717) is 22.7 Å².